The van der Waals surface area contributed by atoms with E-state index in [9.17, 15) is 14.4 Å². The molecule has 6 nitrogen and oxygen atoms in total. The number of hydrogen-bond acceptors (Lipinski definition) is 3. The van der Waals surface area contributed by atoms with Crippen molar-refractivity contribution in [3.8, 4) is 0 Å². The van der Waals surface area contributed by atoms with Crippen LogP contribution in [-0.4, -0.2) is 33.2 Å². The second-order valence-electron chi connectivity index (χ2n) is 3.38. The van der Waals surface area contributed by atoms with E-state index < -0.39 is 17.9 Å². The molecule has 6 heteroatoms. The normalized spacial score (nSPS) is 9.95. The molecular weight excluding hydrogens is 252 g/mol. The maximum absolute atomic E-state index is 10.2. The molecule has 19 heavy (non-hydrogen) atoms. The van der Waals surface area contributed by atoms with Crippen LogP contribution in [0.5, 0.6) is 0 Å². The number of carboxylic acids is 3. The third-order valence-corrected chi connectivity index (χ3v) is 1.76. The van der Waals surface area contributed by atoms with Gasteiger partial charge in [0.05, 0.1) is 0 Å². The molecule has 0 aromatic carbocycles. The summed E-state index contributed by atoms with van der Waals surface area (Å²) in [6, 6.07) is 0. The molecule has 0 saturated heterocycles. The van der Waals surface area contributed by atoms with Crippen LogP contribution in [0.2, 0.25) is 0 Å². The predicted octanol–water partition coefficient (Wildman–Crippen LogP) is 2.09. The molecule has 0 aliphatic heterocycles. The van der Waals surface area contributed by atoms with Crippen LogP contribution in [0.15, 0.2) is 36.5 Å². The molecule has 0 amide bonds. The largest absolute Gasteiger partial charge is 0.478 e. The van der Waals surface area contributed by atoms with E-state index in [-0.39, 0.29) is 0 Å². The predicted molar refractivity (Wildman–Crippen MR) is 69.9 cm³/mol. The first kappa shape index (κ1) is 19.0. The monoisotopic (exact) mass is 270 g/mol. The van der Waals surface area contributed by atoms with Crippen molar-refractivity contribution in [1.82, 2.24) is 0 Å². The lowest BCUT2D eigenvalue weighted by Crippen LogP contribution is -1.97. The zero-order valence-corrected chi connectivity index (χ0v) is 10.7. The first-order chi connectivity index (χ1) is 8.81. The summed E-state index contributed by atoms with van der Waals surface area (Å²) in [5.74, 6) is -3.40. The summed E-state index contributed by atoms with van der Waals surface area (Å²) in [4.78, 5) is 29.4. The van der Waals surface area contributed by atoms with Gasteiger partial charge in [0, 0.05) is 17.7 Å². The van der Waals surface area contributed by atoms with E-state index in [0.717, 1.165) is 12.8 Å². The fraction of sp³-hybridized carbons (Fsp3) is 0.308. The van der Waals surface area contributed by atoms with E-state index in [0.29, 0.717) is 24.1 Å². The molecule has 0 atom stereocenters. The van der Waals surface area contributed by atoms with Crippen molar-refractivity contribution in [2.75, 3.05) is 0 Å². The van der Waals surface area contributed by atoms with Crippen molar-refractivity contribution in [2.24, 2.45) is 0 Å². The van der Waals surface area contributed by atoms with Gasteiger partial charge in [-0.25, -0.2) is 14.4 Å². The van der Waals surface area contributed by atoms with Gasteiger partial charge in [-0.3, -0.25) is 0 Å². The van der Waals surface area contributed by atoms with Gasteiger partial charge >= 0.3 is 17.9 Å². The molecule has 0 rings (SSSR count). The molecule has 0 heterocycles. The van der Waals surface area contributed by atoms with Crippen LogP contribution in [0.25, 0.3) is 0 Å². The molecule has 3 N–H and O–H groups in total. The van der Waals surface area contributed by atoms with Gasteiger partial charge in [0.15, 0.2) is 0 Å². The number of carbonyl (C=O) groups is 3. The maximum atomic E-state index is 10.2. The number of allylic oxidation sites excluding steroid dienone is 2. The van der Waals surface area contributed by atoms with E-state index in [1.807, 2.05) is 19.1 Å². The van der Waals surface area contributed by atoms with Gasteiger partial charge in [-0.15, -0.1) is 0 Å². The molecule has 0 unspecified atom stereocenters. The van der Waals surface area contributed by atoms with Crippen LogP contribution >= 0.6 is 0 Å². The van der Waals surface area contributed by atoms with Crippen LogP contribution in [-0.2, 0) is 14.4 Å². The Kier molecular flexibility index (Phi) is 12.1. The van der Waals surface area contributed by atoms with Crippen molar-refractivity contribution in [3.05, 3.63) is 36.5 Å². The Balaban J connectivity index is 0. The minimum absolute atomic E-state index is 0.300. The summed E-state index contributed by atoms with van der Waals surface area (Å²) in [5.41, 5.74) is 0.300. The van der Waals surface area contributed by atoms with Crippen LogP contribution < -0.4 is 0 Å². The topological polar surface area (TPSA) is 112 Å². The Labute approximate surface area is 111 Å². The Morgan fingerprint density at radius 3 is 1.84 bits per heavy atom. The van der Waals surface area contributed by atoms with Gasteiger partial charge in [0.2, 0.25) is 0 Å². The molecule has 0 saturated carbocycles. The Morgan fingerprint density at radius 2 is 1.53 bits per heavy atom. The molecule has 106 valence electrons. The smallest absolute Gasteiger partial charge is 0.330 e. The van der Waals surface area contributed by atoms with E-state index in [1.54, 1.807) is 0 Å². The number of carboxylic acid groups (broad SMARTS) is 3. The lowest BCUT2D eigenvalue weighted by molar-refractivity contribution is -0.134. The molecule has 0 aliphatic rings. The van der Waals surface area contributed by atoms with Crippen LogP contribution in [0.1, 0.15) is 26.2 Å². The minimum Gasteiger partial charge on any atom is -0.478 e. The fourth-order valence-electron chi connectivity index (χ4n) is 0.849. The maximum Gasteiger partial charge on any atom is 0.330 e. The average molecular weight is 270 g/mol. The quantitative estimate of drug-likeness (QED) is 0.371. The first-order valence-electron chi connectivity index (χ1n) is 5.47. The number of hydrogen-bond donors (Lipinski definition) is 3. The second kappa shape index (κ2) is 12.1. The molecule has 0 bridgehead atoms. The Bertz CT molecular complexity index is 363. The lowest BCUT2D eigenvalue weighted by Gasteiger charge is -1.96. The Hall–Kier alpha value is -2.37. The summed E-state index contributed by atoms with van der Waals surface area (Å²) in [7, 11) is 0. The zero-order valence-electron chi connectivity index (χ0n) is 10.7. The summed E-state index contributed by atoms with van der Waals surface area (Å²) in [6.07, 6.45) is 7.49. The number of unbranched alkanes of at least 4 members (excludes halogenated alkanes) is 1. The van der Waals surface area contributed by atoms with Gasteiger partial charge in [0.1, 0.15) is 0 Å². The van der Waals surface area contributed by atoms with Crippen LogP contribution in [0.4, 0.5) is 0 Å². The van der Waals surface area contributed by atoms with Crippen molar-refractivity contribution < 1.29 is 29.7 Å². The zero-order chi connectivity index (χ0) is 15.3. The third kappa shape index (κ3) is 18.2. The van der Waals surface area contributed by atoms with Crippen LogP contribution in [0.3, 0.4) is 0 Å². The molecule has 0 radical (unpaired) electrons. The number of rotatable bonds is 7. The molecule has 0 aromatic heterocycles. The van der Waals surface area contributed by atoms with Crippen molar-refractivity contribution in [3.63, 3.8) is 0 Å². The summed E-state index contributed by atoms with van der Waals surface area (Å²) >= 11 is 0. The standard InChI is InChI=1S/C9H14O2.C4H4O4/c1-3-4-5-6-7-8(2)9(10)11;5-3(6)1-2-4(7)8/h3-4H,2,5-7H2,1H3,(H,10,11);1-2H,(H,5,6)(H,7,8)/b;2-1-. The SMILES string of the molecule is C=C(CCCC=CC)C(=O)O.O=C(O)/C=C\C(=O)O. The van der Waals surface area contributed by atoms with E-state index in [4.69, 9.17) is 15.3 Å². The van der Waals surface area contributed by atoms with Gasteiger partial charge < -0.3 is 15.3 Å². The third-order valence-electron chi connectivity index (χ3n) is 1.76. The summed E-state index contributed by atoms with van der Waals surface area (Å²) < 4.78 is 0. The van der Waals surface area contributed by atoms with Crippen LogP contribution in [0, 0.1) is 0 Å². The highest BCUT2D eigenvalue weighted by Gasteiger charge is 2.01. The number of aliphatic carboxylic acids is 3. The molecular formula is C13H18O6. The summed E-state index contributed by atoms with van der Waals surface area (Å²) in [6.45, 7) is 5.38. The van der Waals surface area contributed by atoms with E-state index >= 15 is 0 Å². The van der Waals surface area contributed by atoms with E-state index in [2.05, 4.69) is 6.58 Å². The second-order valence-corrected chi connectivity index (χ2v) is 3.38. The van der Waals surface area contributed by atoms with Gasteiger partial charge in [-0.05, 0) is 26.2 Å². The van der Waals surface area contributed by atoms with Gasteiger partial charge in [-0.2, -0.15) is 0 Å². The van der Waals surface area contributed by atoms with E-state index in [1.165, 1.54) is 0 Å². The Morgan fingerprint density at radius 1 is 1.05 bits per heavy atom. The van der Waals surface area contributed by atoms with Crippen molar-refractivity contribution in [2.45, 2.75) is 26.2 Å². The lowest BCUT2D eigenvalue weighted by atomic mass is 10.1. The van der Waals surface area contributed by atoms with Crippen molar-refractivity contribution in [1.29, 1.82) is 0 Å². The fourth-order valence-corrected chi connectivity index (χ4v) is 0.849. The molecule has 0 fully saturated rings. The molecule has 0 spiro atoms. The van der Waals surface area contributed by atoms with Gasteiger partial charge in [-0.1, -0.05) is 18.7 Å². The molecule has 0 aliphatic carbocycles. The highest BCUT2D eigenvalue weighted by Crippen LogP contribution is 2.05. The minimum atomic E-state index is -1.26. The van der Waals surface area contributed by atoms with Gasteiger partial charge in [0.25, 0.3) is 0 Å². The average Bonchev–Trinajstić information content (AvgIpc) is 2.32. The highest BCUT2D eigenvalue weighted by atomic mass is 16.4. The highest BCUT2D eigenvalue weighted by molar-refractivity contribution is 5.89. The summed E-state index contributed by atoms with van der Waals surface area (Å²) in [5, 5.41) is 24.0. The first-order valence-corrected chi connectivity index (χ1v) is 5.47. The molecule has 0 aromatic rings. The van der Waals surface area contributed by atoms with Crippen molar-refractivity contribution >= 4 is 17.9 Å².